The summed E-state index contributed by atoms with van der Waals surface area (Å²) in [6.45, 7) is 2.58. The average molecular weight is 333 g/mol. The molecule has 0 amide bonds. The molecular weight excluding hydrogens is 314 g/mol. The number of rotatable bonds is 6. The minimum absolute atomic E-state index is 0.0416. The number of hydrogen-bond donors (Lipinski definition) is 1. The maximum atomic E-state index is 11.1. The van der Waals surface area contributed by atoms with Gasteiger partial charge < -0.3 is 9.84 Å². The van der Waals surface area contributed by atoms with Crippen molar-refractivity contribution >= 4 is 5.97 Å². The van der Waals surface area contributed by atoms with E-state index in [9.17, 15) is 4.79 Å². The summed E-state index contributed by atoms with van der Waals surface area (Å²) in [6, 6.07) is 20.9. The smallest absolute Gasteiger partial charge is 0.354 e. The van der Waals surface area contributed by atoms with Gasteiger partial charge in [-0.3, -0.25) is 0 Å². The molecule has 126 valence electrons. The van der Waals surface area contributed by atoms with Crippen molar-refractivity contribution < 1.29 is 14.6 Å². The Balaban J connectivity index is 1.84. The summed E-state index contributed by atoms with van der Waals surface area (Å²) in [5.41, 5.74) is 3.75. The molecule has 3 rings (SSSR count). The predicted molar refractivity (Wildman–Crippen MR) is 96.8 cm³/mol. The van der Waals surface area contributed by atoms with Crippen molar-refractivity contribution in [3.05, 3.63) is 83.6 Å². The van der Waals surface area contributed by atoms with E-state index in [0.29, 0.717) is 12.3 Å². The van der Waals surface area contributed by atoms with Gasteiger partial charge in [-0.1, -0.05) is 43.3 Å². The predicted octanol–water partition coefficient (Wildman–Crippen LogP) is 4.59. The molecule has 0 bridgehead atoms. The van der Waals surface area contributed by atoms with E-state index in [2.05, 4.69) is 11.9 Å². The molecule has 1 aromatic heterocycles. The Morgan fingerprint density at radius 1 is 1.04 bits per heavy atom. The zero-order valence-electron chi connectivity index (χ0n) is 14.0. The fourth-order valence-electron chi connectivity index (χ4n) is 2.61. The highest BCUT2D eigenvalue weighted by molar-refractivity contribution is 5.86. The minimum Gasteiger partial charge on any atom is -0.489 e. The summed E-state index contributed by atoms with van der Waals surface area (Å²) in [4.78, 5) is 15.3. The quantitative estimate of drug-likeness (QED) is 0.717. The Bertz CT molecular complexity index is 875. The molecule has 0 spiro atoms. The van der Waals surface area contributed by atoms with Crippen LogP contribution in [0.2, 0.25) is 0 Å². The number of aromatic carboxylic acids is 1. The molecule has 0 aliphatic carbocycles. The van der Waals surface area contributed by atoms with Crippen LogP contribution in [-0.4, -0.2) is 16.1 Å². The van der Waals surface area contributed by atoms with E-state index in [-0.39, 0.29) is 5.69 Å². The number of carboxylic acid groups (broad SMARTS) is 1. The van der Waals surface area contributed by atoms with Crippen LogP contribution in [0.5, 0.6) is 5.75 Å². The highest BCUT2D eigenvalue weighted by Gasteiger charge is 2.09. The summed E-state index contributed by atoms with van der Waals surface area (Å²) in [5, 5.41) is 9.10. The molecule has 1 N–H and O–H groups in total. The van der Waals surface area contributed by atoms with Crippen molar-refractivity contribution in [1.29, 1.82) is 0 Å². The summed E-state index contributed by atoms with van der Waals surface area (Å²) in [7, 11) is 0. The van der Waals surface area contributed by atoms with Gasteiger partial charge in [-0.15, -0.1) is 0 Å². The lowest BCUT2D eigenvalue weighted by Crippen LogP contribution is -2.01. The first kappa shape index (κ1) is 16.7. The second-order valence-corrected chi connectivity index (χ2v) is 5.66. The van der Waals surface area contributed by atoms with Crippen molar-refractivity contribution in [3.63, 3.8) is 0 Å². The molecule has 4 heteroatoms. The number of ether oxygens (including phenoxy) is 1. The highest BCUT2D eigenvalue weighted by Crippen LogP contribution is 2.27. The highest BCUT2D eigenvalue weighted by atomic mass is 16.5. The van der Waals surface area contributed by atoms with Crippen molar-refractivity contribution in [1.82, 2.24) is 4.98 Å². The first-order valence-electron chi connectivity index (χ1n) is 8.17. The largest absolute Gasteiger partial charge is 0.489 e. The van der Waals surface area contributed by atoms with Gasteiger partial charge in [0.25, 0.3) is 0 Å². The Labute approximate surface area is 146 Å². The molecule has 0 saturated heterocycles. The maximum absolute atomic E-state index is 11.1. The first-order valence-corrected chi connectivity index (χ1v) is 8.17. The van der Waals surface area contributed by atoms with Crippen LogP contribution < -0.4 is 4.74 Å². The van der Waals surface area contributed by atoms with Gasteiger partial charge >= 0.3 is 5.97 Å². The van der Waals surface area contributed by atoms with E-state index in [1.54, 1.807) is 6.07 Å². The van der Waals surface area contributed by atoms with Gasteiger partial charge in [0.2, 0.25) is 0 Å². The van der Waals surface area contributed by atoms with Crippen molar-refractivity contribution in [2.24, 2.45) is 0 Å². The zero-order chi connectivity index (χ0) is 17.6. The summed E-state index contributed by atoms with van der Waals surface area (Å²) >= 11 is 0. The molecule has 0 unspecified atom stereocenters. The van der Waals surface area contributed by atoms with Gasteiger partial charge in [0.05, 0.1) is 5.69 Å². The van der Waals surface area contributed by atoms with Gasteiger partial charge in [-0.2, -0.15) is 0 Å². The van der Waals surface area contributed by atoms with Crippen molar-refractivity contribution in [2.75, 3.05) is 0 Å². The molecule has 25 heavy (non-hydrogen) atoms. The first-order chi connectivity index (χ1) is 12.2. The third-order valence-corrected chi connectivity index (χ3v) is 3.94. The topological polar surface area (TPSA) is 59.4 Å². The maximum Gasteiger partial charge on any atom is 0.354 e. The monoisotopic (exact) mass is 333 g/mol. The molecule has 0 atom stereocenters. The summed E-state index contributed by atoms with van der Waals surface area (Å²) in [6.07, 6.45) is 0.816. The van der Waals surface area contributed by atoms with Crippen LogP contribution in [0.1, 0.15) is 28.5 Å². The van der Waals surface area contributed by atoms with E-state index in [4.69, 9.17) is 9.84 Å². The summed E-state index contributed by atoms with van der Waals surface area (Å²) < 4.78 is 5.95. The Morgan fingerprint density at radius 3 is 2.56 bits per heavy atom. The second kappa shape index (κ2) is 7.62. The fraction of sp³-hybridized carbons (Fsp3) is 0.143. The van der Waals surface area contributed by atoms with E-state index >= 15 is 0 Å². The Hall–Kier alpha value is -3.14. The average Bonchev–Trinajstić information content (AvgIpc) is 2.67. The van der Waals surface area contributed by atoms with E-state index in [0.717, 1.165) is 28.9 Å². The molecule has 0 saturated carbocycles. The zero-order valence-corrected chi connectivity index (χ0v) is 14.0. The molecule has 4 nitrogen and oxygen atoms in total. The van der Waals surface area contributed by atoms with Crippen LogP contribution in [0.25, 0.3) is 11.3 Å². The molecule has 0 fully saturated rings. The standard InChI is InChI=1S/C21H19NO3/c1-2-16-13-17(18-9-6-10-19(22-18)21(23)24)11-12-20(16)25-14-15-7-4-3-5-8-15/h3-13H,2,14H2,1H3,(H,23,24). The van der Waals surface area contributed by atoms with Gasteiger partial charge in [0.1, 0.15) is 18.1 Å². The van der Waals surface area contributed by atoms with Crippen LogP contribution >= 0.6 is 0 Å². The van der Waals surface area contributed by atoms with E-state index < -0.39 is 5.97 Å². The number of aromatic nitrogens is 1. The number of aryl methyl sites for hydroxylation is 1. The summed E-state index contributed by atoms with van der Waals surface area (Å²) in [5.74, 6) is -0.190. The number of benzene rings is 2. The molecule has 2 aromatic carbocycles. The molecule has 1 heterocycles. The van der Waals surface area contributed by atoms with Crippen LogP contribution in [0.3, 0.4) is 0 Å². The molecule has 0 radical (unpaired) electrons. The SMILES string of the molecule is CCc1cc(-c2cccc(C(=O)O)n2)ccc1OCc1ccccc1. The van der Waals surface area contributed by atoms with Gasteiger partial charge in [0.15, 0.2) is 0 Å². The second-order valence-electron chi connectivity index (χ2n) is 5.66. The van der Waals surface area contributed by atoms with Gasteiger partial charge in [-0.05, 0) is 47.9 Å². The third-order valence-electron chi connectivity index (χ3n) is 3.94. The number of hydrogen-bond acceptors (Lipinski definition) is 3. The lowest BCUT2D eigenvalue weighted by atomic mass is 10.0. The Morgan fingerprint density at radius 2 is 1.84 bits per heavy atom. The number of pyridine rings is 1. The molecule has 3 aromatic rings. The third kappa shape index (κ3) is 4.04. The Kier molecular flexibility index (Phi) is 5.09. The lowest BCUT2D eigenvalue weighted by Gasteiger charge is -2.12. The van der Waals surface area contributed by atoms with E-state index in [1.165, 1.54) is 6.07 Å². The van der Waals surface area contributed by atoms with Crippen molar-refractivity contribution in [3.8, 4) is 17.0 Å². The molecular formula is C21H19NO3. The van der Waals surface area contributed by atoms with Gasteiger partial charge in [-0.25, -0.2) is 9.78 Å². The van der Waals surface area contributed by atoms with Crippen LogP contribution in [0, 0.1) is 0 Å². The lowest BCUT2D eigenvalue weighted by molar-refractivity contribution is 0.0690. The molecule has 0 aliphatic rings. The number of carboxylic acids is 1. The van der Waals surface area contributed by atoms with Crippen LogP contribution in [-0.2, 0) is 13.0 Å². The molecule has 0 aliphatic heterocycles. The van der Waals surface area contributed by atoms with Gasteiger partial charge in [0, 0.05) is 5.56 Å². The fourth-order valence-corrected chi connectivity index (χ4v) is 2.61. The van der Waals surface area contributed by atoms with E-state index in [1.807, 2.05) is 54.6 Å². The van der Waals surface area contributed by atoms with Crippen molar-refractivity contribution in [2.45, 2.75) is 20.0 Å². The number of nitrogens with zero attached hydrogens (tertiary/aromatic N) is 1. The minimum atomic E-state index is -1.03. The van der Waals surface area contributed by atoms with Crippen LogP contribution in [0.15, 0.2) is 66.7 Å². The normalized spacial score (nSPS) is 10.4. The number of carbonyl (C=O) groups is 1. The van der Waals surface area contributed by atoms with Crippen LogP contribution in [0.4, 0.5) is 0 Å².